The number of nitrogens with zero attached hydrogens (tertiary/aromatic N) is 1. The Morgan fingerprint density at radius 3 is 1.92 bits per heavy atom. The van der Waals surface area contributed by atoms with Gasteiger partial charge >= 0.3 is 0 Å². The summed E-state index contributed by atoms with van der Waals surface area (Å²) in [7, 11) is 5.93. The quantitative estimate of drug-likeness (QED) is 0.0464. The molecule has 0 radical (unpaired) electrons. The molecule has 1 atom stereocenters. The van der Waals surface area contributed by atoms with Crippen molar-refractivity contribution in [3.05, 3.63) is 136 Å². The number of carbonyl (C=O) groups excluding carboxylic acids is 2. The Morgan fingerprint density at radius 2 is 1.30 bits per heavy atom. The van der Waals surface area contributed by atoms with Crippen LogP contribution in [0.5, 0.6) is 40.4 Å². The molecule has 0 aliphatic heterocycles. The summed E-state index contributed by atoms with van der Waals surface area (Å²) < 4.78 is 55.1. The van der Waals surface area contributed by atoms with E-state index >= 15 is 9.59 Å². The van der Waals surface area contributed by atoms with Crippen LogP contribution < -0.4 is 33.2 Å². The van der Waals surface area contributed by atoms with Gasteiger partial charge in [-0.25, -0.2) is 4.98 Å². The van der Waals surface area contributed by atoms with Crippen LogP contribution in [-0.4, -0.2) is 65.2 Å². The lowest BCUT2D eigenvalue weighted by molar-refractivity contribution is 0.0482. The second kappa shape index (κ2) is 18.6. The van der Waals surface area contributed by atoms with Crippen molar-refractivity contribution >= 4 is 39.2 Å². The molecular weight excluding hydrogens is 803 g/mol. The Bertz CT molecular complexity index is 2750. The average molecular weight is 852 g/mol. The highest BCUT2D eigenvalue weighted by Crippen LogP contribution is 2.61. The normalized spacial score (nSPS) is 15.5. The summed E-state index contributed by atoms with van der Waals surface area (Å²) in [6.45, 7) is 4.00. The topological polar surface area (TPSA) is 130 Å². The number of rotatable bonds is 18. The van der Waals surface area contributed by atoms with Gasteiger partial charge < -0.3 is 42.6 Å². The number of Topliss-reactive ketones (excluding diaryl/α,β-unsaturated/α-hetero) is 2. The molecule has 63 heavy (non-hydrogen) atoms. The minimum Gasteiger partial charge on any atom is -0.495 e. The molecule has 1 spiro atoms. The number of hydrogen-bond donors (Lipinski definition) is 0. The first-order valence-electron chi connectivity index (χ1n) is 20.7. The zero-order valence-electron chi connectivity index (χ0n) is 36.2. The Balaban J connectivity index is 1.45. The maximum absolute atomic E-state index is 16.0. The number of pyridine rings is 1. The number of ether oxygens (including phenoxy) is 9. The Kier molecular flexibility index (Phi) is 12.6. The van der Waals surface area contributed by atoms with Gasteiger partial charge in [-0.05, 0) is 60.9 Å². The standard InChI is InChI=1S/C51H49NO11/c1-7-9-12-21-35-25-34-24-33-22-23-51(43(33)47(38(34)50(52-35)59-8-2)61-28-32-19-15-11-16-20-32)48(53)41-42(49(51)54)46(60-27-31-17-13-10-14-18-31)39-36(62-29-55-3)26-37(57-5)44(63-30-56-4)40(39)45(41)58-6/h7,9-21,24-26H,8,22-23,27-30H2,1-6H3/b9-7+,21-12+/t51-/m1/s1. The molecule has 0 unspecified atom stereocenters. The molecule has 324 valence electrons. The van der Waals surface area contributed by atoms with Crippen LogP contribution in [0.1, 0.15) is 68.9 Å². The van der Waals surface area contributed by atoms with E-state index < -0.39 is 17.0 Å². The third-order valence-corrected chi connectivity index (χ3v) is 11.3. The number of aryl methyl sites for hydroxylation is 1. The zero-order chi connectivity index (χ0) is 44.1. The third kappa shape index (κ3) is 7.59. The number of ketones is 2. The van der Waals surface area contributed by atoms with E-state index in [4.69, 9.17) is 47.6 Å². The smallest absolute Gasteiger partial charge is 0.225 e. The first-order valence-corrected chi connectivity index (χ1v) is 20.7. The van der Waals surface area contributed by atoms with E-state index in [2.05, 4.69) is 0 Å². The summed E-state index contributed by atoms with van der Waals surface area (Å²) in [5.41, 5.74) is 1.99. The van der Waals surface area contributed by atoms with Gasteiger partial charge in [0.25, 0.3) is 0 Å². The van der Waals surface area contributed by atoms with Crippen molar-refractivity contribution in [2.24, 2.45) is 0 Å². The first-order chi connectivity index (χ1) is 30.8. The van der Waals surface area contributed by atoms with E-state index in [0.717, 1.165) is 22.1 Å². The maximum Gasteiger partial charge on any atom is 0.225 e. The lowest BCUT2D eigenvalue weighted by Crippen LogP contribution is -2.36. The van der Waals surface area contributed by atoms with Crippen LogP contribution >= 0.6 is 0 Å². The summed E-state index contributed by atoms with van der Waals surface area (Å²) >= 11 is 0. The highest BCUT2D eigenvalue weighted by Gasteiger charge is 2.61. The number of carbonyl (C=O) groups is 2. The van der Waals surface area contributed by atoms with Crippen molar-refractivity contribution in [3.63, 3.8) is 0 Å². The van der Waals surface area contributed by atoms with Gasteiger partial charge in [-0.2, -0.15) is 0 Å². The average Bonchev–Trinajstić information content (AvgIpc) is 3.80. The zero-order valence-corrected chi connectivity index (χ0v) is 36.2. The van der Waals surface area contributed by atoms with Crippen molar-refractivity contribution < 1.29 is 52.2 Å². The van der Waals surface area contributed by atoms with Crippen LogP contribution in [0, 0.1) is 0 Å². The van der Waals surface area contributed by atoms with Gasteiger partial charge in [-0.15, -0.1) is 0 Å². The molecule has 1 heterocycles. The van der Waals surface area contributed by atoms with Crippen LogP contribution in [0.25, 0.3) is 27.6 Å². The molecule has 1 aromatic heterocycles. The van der Waals surface area contributed by atoms with Crippen molar-refractivity contribution in [3.8, 4) is 40.4 Å². The van der Waals surface area contributed by atoms with Crippen molar-refractivity contribution in [1.29, 1.82) is 0 Å². The van der Waals surface area contributed by atoms with E-state index in [9.17, 15) is 0 Å². The lowest BCUT2D eigenvalue weighted by atomic mass is 9.76. The summed E-state index contributed by atoms with van der Waals surface area (Å²) in [5, 5.41) is 1.96. The molecule has 12 heteroatoms. The number of allylic oxidation sites excluding steroid dienone is 3. The second-order valence-electron chi connectivity index (χ2n) is 15.0. The summed E-state index contributed by atoms with van der Waals surface area (Å²) in [4.78, 5) is 36.9. The monoisotopic (exact) mass is 851 g/mol. The second-order valence-corrected chi connectivity index (χ2v) is 15.0. The molecular formula is C51H49NO11. The maximum atomic E-state index is 16.0. The summed E-state index contributed by atoms with van der Waals surface area (Å²) in [6, 6.07) is 24.9. The Hall–Kier alpha value is -6.89. The van der Waals surface area contributed by atoms with Crippen LogP contribution in [-0.2, 0) is 34.5 Å². The predicted molar refractivity (Wildman–Crippen MR) is 239 cm³/mol. The first kappa shape index (κ1) is 42.8. The fourth-order valence-corrected chi connectivity index (χ4v) is 8.69. The fourth-order valence-electron chi connectivity index (χ4n) is 8.69. The fraction of sp³-hybridized carbons (Fsp3) is 0.275. The van der Waals surface area contributed by atoms with Crippen LogP contribution in [0.4, 0.5) is 0 Å². The molecule has 2 aliphatic rings. The molecule has 0 saturated carbocycles. The van der Waals surface area contributed by atoms with Crippen LogP contribution in [0.2, 0.25) is 0 Å². The number of aromatic nitrogens is 1. The van der Waals surface area contributed by atoms with E-state index in [1.54, 1.807) is 6.07 Å². The Labute approximate surface area is 365 Å². The van der Waals surface area contributed by atoms with Crippen molar-refractivity contribution in [1.82, 2.24) is 4.98 Å². The van der Waals surface area contributed by atoms with E-state index in [-0.39, 0.29) is 73.1 Å². The number of fused-ring (bicyclic) bond motifs is 5. The van der Waals surface area contributed by atoms with Gasteiger partial charge in [0.15, 0.2) is 36.7 Å². The number of methoxy groups -OCH3 is 4. The molecule has 0 amide bonds. The van der Waals surface area contributed by atoms with Crippen molar-refractivity contribution in [2.45, 2.75) is 45.3 Å². The molecule has 12 nitrogen and oxygen atoms in total. The van der Waals surface area contributed by atoms with E-state index in [0.29, 0.717) is 52.1 Å². The molecule has 2 aliphatic carbocycles. The van der Waals surface area contributed by atoms with Gasteiger partial charge in [0.2, 0.25) is 5.88 Å². The molecule has 5 aromatic carbocycles. The molecule has 0 N–H and O–H groups in total. The molecule has 0 fully saturated rings. The lowest BCUT2D eigenvalue weighted by Gasteiger charge is -2.26. The van der Waals surface area contributed by atoms with Gasteiger partial charge in [0.1, 0.15) is 41.6 Å². The number of hydrogen-bond acceptors (Lipinski definition) is 12. The summed E-state index contributed by atoms with van der Waals surface area (Å²) in [5.74, 6) is 0.647. The van der Waals surface area contributed by atoms with Crippen LogP contribution in [0.15, 0.2) is 97.1 Å². The molecule has 0 saturated heterocycles. The van der Waals surface area contributed by atoms with Crippen LogP contribution in [0.3, 0.4) is 0 Å². The number of benzene rings is 5. The highest BCUT2D eigenvalue weighted by atomic mass is 16.7. The van der Waals surface area contributed by atoms with Gasteiger partial charge in [-0.3, -0.25) is 9.59 Å². The van der Waals surface area contributed by atoms with Gasteiger partial charge in [-0.1, -0.05) is 85.0 Å². The predicted octanol–water partition coefficient (Wildman–Crippen LogP) is 9.78. The van der Waals surface area contributed by atoms with E-state index in [1.165, 1.54) is 28.4 Å². The molecule has 6 aromatic rings. The minimum atomic E-state index is -1.76. The third-order valence-electron chi connectivity index (χ3n) is 11.3. The summed E-state index contributed by atoms with van der Waals surface area (Å²) in [6.07, 6.45) is 8.22. The highest BCUT2D eigenvalue weighted by molar-refractivity contribution is 6.38. The molecule has 8 rings (SSSR count). The SMILES string of the molecule is C/C=C/C=C/c1cc2cc3c(c(OCc4ccccc4)c2c(OCC)n1)[C@@]1(CC3)C(=O)c2c(c(OC)c3c(OCOC)c(OC)cc(OCOC)c3c2OCc2ccccc2)C1=O. The Morgan fingerprint density at radius 1 is 0.651 bits per heavy atom. The van der Waals surface area contributed by atoms with Crippen molar-refractivity contribution in [2.75, 3.05) is 48.6 Å². The minimum absolute atomic E-state index is 0.0425. The van der Waals surface area contributed by atoms with Gasteiger partial charge in [0.05, 0.1) is 53.8 Å². The van der Waals surface area contributed by atoms with Gasteiger partial charge in [0, 0.05) is 25.8 Å². The molecule has 0 bridgehead atoms. The van der Waals surface area contributed by atoms with E-state index in [1.807, 2.05) is 111 Å². The largest absolute Gasteiger partial charge is 0.495 e.